The Balaban J connectivity index is 2.07. The quantitative estimate of drug-likeness (QED) is 0.863. The van der Waals surface area contributed by atoms with Crippen LogP contribution in [0.4, 0.5) is 5.69 Å². The van der Waals surface area contributed by atoms with Gasteiger partial charge in [-0.05, 0) is 44.4 Å². The molecule has 0 atom stereocenters. The van der Waals surface area contributed by atoms with Crippen LogP contribution in [-0.2, 0) is 11.3 Å². The molecule has 0 bridgehead atoms. The first-order valence-electron chi connectivity index (χ1n) is 7.34. The second-order valence-corrected chi connectivity index (χ2v) is 5.83. The topological polar surface area (TPSA) is 49.6 Å². The molecule has 2 rings (SSSR count). The molecule has 110 valence electrons. The average molecular weight is 275 g/mol. The first kappa shape index (κ1) is 14.9. The number of hydrogen-bond donors (Lipinski definition) is 1. The molecule has 0 aromatic heterocycles. The molecule has 1 saturated carbocycles. The number of amides is 1. The van der Waals surface area contributed by atoms with Gasteiger partial charge in [-0.15, -0.1) is 0 Å². The van der Waals surface area contributed by atoms with E-state index < -0.39 is 0 Å². The van der Waals surface area contributed by atoms with Crippen LogP contribution in [0.3, 0.4) is 0 Å². The number of anilines is 1. The second-order valence-electron chi connectivity index (χ2n) is 5.83. The van der Waals surface area contributed by atoms with Gasteiger partial charge < -0.3 is 15.5 Å². The molecular weight excluding hydrogens is 250 g/mol. The highest BCUT2D eigenvalue weighted by atomic mass is 16.2. The third-order valence-corrected chi connectivity index (χ3v) is 3.92. The highest BCUT2D eigenvalue weighted by Gasteiger charge is 2.30. The fourth-order valence-electron chi connectivity index (χ4n) is 2.32. The molecule has 20 heavy (non-hydrogen) atoms. The standard InChI is InChI=1S/C16H25N3O/c1-12(2)19(11-16(20)18(3)14-8-9-14)15-6-4-13(10-17)5-7-15/h4-7,12,14H,8-11,17H2,1-3H3. The summed E-state index contributed by atoms with van der Waals surface area (Å²) in [5.41, 5.74) is 7.81. The fourth-order valence-corrected chi connectivity index (χ4v) is 2.32. The van der Waals surface area contributed by atoms with Gasteiger partial charge in [0.05, 0.1) is 6.54 Å². The van der Waals surface area contributed by atoms with Crippen molar-refractivity contribution in [1.29, 1.82) is 0 Å². The number of hydrogen-bond acceptors (Lipinski definition) is 3. The van der Waals surface area contributed by atoms with Gasteiger partial charge in [0.2, 0.25) is 5.91 Å². The van der Waals surface area contributed by atoms with E-state index in [0.29, 0.717) is 19.1 Å². The molecular formula is C16H25N3O. The van der Waals surface area contributed by atoms with E-state index in [-0.39, 0.29) is 11.9 Å². The highest BCUT2D eigenvalue weighted by Crippen LogP contribution is 2.26. The lowest BCUT2D eigenvalue weighted by Gasteiger charge is -2.30. The van der Waals surface area contributed by atoms with Crippen LogP contribution in [0.2, 0.25) is 0 Å². The van der Waals surface area contributed by atoms with Crippen LogP contribution in [0.1, 0.15) is 32.3 Å². The minimum atomic E-state index is 0.198. The van der Waals surface area contributed by atoms with Crippen molar-refractivity contribution in [1.82, 2.24) is 4.90 Å². The van der Waals surface area contributed by atoms with Crippen LogP contribution in [0.5, 0.6) is 0 Å². The van der Waals surface area contributed by atoms with E-state index in [1.807, 2.05) is 36.2 Å². The predicted octanol–water partition coefficient (Wildman–Crippen LogP) is 1.98. The fraction of sp³-hybridized carbons (Fsp3) is 0.562. The lowest BCUT2D eigenvalue weighted by molar-refractivity contribution is -0.129. The monoisotopic (exact) mass is 275 g/mol. The molecule has 1 aliphatic carbocycles. The number of benzene rings is 1. The van der Waals surface area contributed by atoms with Crippen molar-refractivity contribution >= 4 is 11.6 Å². The Hall–Kier alpha value is -1.55. The lowest BCUT2D eigenvalue weighted by Crippen LogP contribution is -2.42. The summed E-state index contributed by atoms with van der Waals surface area (Å²) in [6, 6.07) is 8.91. The van der Waals surface area contributed by atoms with Crippen molar-refractivity contribution < 1.29 is 4.79 Å². The maximum atomic E-state index is 12.3. The van der Waals surface area contributed by atoms with E-state index in [1.54, 1.807) is 0 Å². The van der Waals surface area contributed by atoms with Crippen molar-refractivity contribution in [2.75, 3.05) is 18.5 Å². The molecule has 0 aliphatic heterocycles. The van der Waals surface area contributed by atoms with Crippen LogP contribution in [-0.4, -0.2) is 36.5 Å². The third-order valence-electron chi connectivity index (χ3n) is 3.92. The molecule has 0 unspecified atom stereocenters. The SMILES string of the molecule is CC(C)N(CC(=O)N(C)C1CC1)c1ccc(CN)cc1. The Bertz CT molecular complexity index is 451. The smallest absolute Gasteiger partial charge is 0.242 e. The summed E-state index contributed by atoms with van der Waals surface area (Å²) >= 11 is 0. The van der Waals surface area contributed by atoms with E-state index in [1.165, 1.54) is 0 Å². The van der Waals surface area contributed by atoms with Gasteiger partial charge >= 0.3 is 0 Å². The zero-order valence-corrected chi connectivity index (χ0v) is 12.7. The van der Waals surface area contributed by atoms with Gasteiger partial charge in [-0.3, -0.25) is 4.79 Å². The molecule has 4 nitrogen and oxygen atoms in total. The number of carbonyl (C=O) groups excluding carboxylic acids is 1. The summed E-state index contributed by atoms with van der Waals surface area (Å²) in [5, 5.41) is 0. The first-order valence-corrected chi connectivity index (χ1v) is 7.34. The zero-order chi connectivity index (χ0) is 14.7. The summed E-state index contributed by atoms with van der Waals surface area (Å²) in [7, 11) is 1.91. The summed E-state index contributed by atoms with van der Waals surface area (Å²) in [5.74, 6) is 0.198. The summed E-state index contributed by atoms with van der Waals surface area (Å²) in [6.07, 6.45) is 2.30. The molecule has 2 N–H and O–H groups in total. The Kier molecular flexibility index (Phi) is 4.65. The number of rotatable bonds is 6. The van der Waals surface area contributed by atoms with Gasteiger partial charge in [0.1, 0.15) is 0 Å². The summed E-state index contributed by atoms with van der Waals surface area (Å²) in [6.45, 7) is 5.21. The van der Waals surface area contributed by atoms with E-state index in [4.69, 9.17) is 5.73 Å². The Labute approximate surface area is 121 Å². The van der Waals surface area contributed by atoms with Gasteiger partial charge in [0, 0.05) is 31.4 Å². The maximum Gasteiger partial charge on any atom is 0.242 e. The molecule has 1 amide bonds. The number of carbonyl (C=O) groups is 1. The van der Waals surface area contributed by atoms with Gasteiger partial charge in [-0.25, -0.2) is 0 Å². The van der Waals surface area contributed by atoms with Crippen LogP contribution >= 0.6 is 0 Å². The molecule has 1 aliphatic rings. The summed E-state index contributed by atoms with van der Waals surface area (Å²) < 4.78 is 0. The molecule has 4 heteroatoms. The predicted molar refractivity (Wildman–Crippen MR) is 82.6 cm³/mol. The van der Waals surface area contributed by atoms with Crippen LogP contribution < -0.4 is 10.6 Å². The molecule has 1 aromatic rings. The van der Waals surface area contributed by atoms with Crippen LogP contribution in [0.25, 0.3) is 0 Å². The van der Waals surface area contributed by atoms with Crippen molar-refractivity contribution in [3.8, 4) is 0 Å². The summed E-state index contributed by atoms with van der Waals surface area (Å²) in [4.78, 5) is 16.3. The molecule has 1 fully saturated rings. The van der Waals surface area contributed by atoms with E-state index in [2.05, 4.69) is 18.7 Å². The van der Waals surface area contributed by atoms with Crippen LogP contribution in [0.15, 0.2) is 24.3 Å². The lowest BCUT2D eigenvalue weighted by atomic mass is 10.1. The van der Waals surface area contributed by atoms with Gasteiger partial charge in [-0.2, -0.15) is 0 Å². The molecule has 1 aromatic carbocycles. The first-order chi connectivity index (χ1) is 9.52. The Morgan fingerprint density at radius 1 is 1.30 bits per heavy atom. The molecule has 0 saturated heterocycles. The number of likely N-dealkylation sites (N-methyl/N-ethyl adjacent to an activating group) is 1. The normalized spacial score (nSPS) is 14.4. The third kappa shape index (κ3) is 3.51. The molecule has 0 spiro atoms. The zero-order valence-electron chi connectivity index (χ0n) is 12.7. The highest BCUT2D eigenvalue weighted by molar-refractivity contribution is 5.82. The van der Waals surface area contributed by atoms with E-state index >= 15 is 0 Å². The van der Waals surface area contributed by atoms with Gasteiger partial charge in [-0.1, -0.05) is 12.1 Å². The van der Waals surface area contributed by atoms with E-state index in [0.717, 1.165) is 24.1 Å². The van der Waals surface area contributed by atoms with Crippen molar-refractivity contribution in [3.05, 3.63) is 29.8 Å². The minimum absolute atomic E-state index is 0.198. The Morgan fingerprint density at radius 3 is 2.35 bits per heavy atom. The van der Waals surface area contributed by atoms with Crippen LogP contribution in [0, 0.1) is 0 Å². The largest absolute Gasteiger partial charge is 0.360 e. The van der Waals surface area contributed by atoms with Crippen molar-refractivity contribution in [2.24, 2.45) is 5.73 Å². The van der Waals surface area contributed by atoms with Gasteiger partial charge in [0.15, 0.2) is 0 Å². The van der Waals surface area contributed by atoms with Crippen molar-refractivity contribution in [3.63, 3.8) is 0 Å². The minimum Gasteiger partial charge on any atom is -0.360 e. The average Bonchev–Trinajstić information content (AvgIpc) is 3.28. The molecule has 0 heterocycles. The van der Waals surface area contributed by atoms with Gasteiger partial charge in [0.25, 0.3) is 0 Å². The maximum absolute atomic E-state index is 12.3. The Morgan fingerprint density at radius 2 is 1.90 bits per heavy atom. The van der Waals surface area contributed by atoms with Crippen molar-refractivity contribution in [2.45, 2.75) is 45.3 Å². The van der Waals surface area contributed by atoms with E-state index in [9.17, 15) is 4.79 Å². The second kappa shape index (κ2) is 6.27. The number of nitrogens with zero attached hydrogens (tertiary/aromatic N) is 2. The molecule has 0 radical (unpaired) electrons. The number of nitrogens with two attached hydrogens (primary N) is 1.